The second-order valence-electron chi connectivity index (χ2n) is 3.67. The number of benzene rings is 1. The van der Waals surface area contributed by atoms with Crippen LogP contribution >= 0.6 is 0 Å². The molecule has 92 valence electrons. The maximum Gasteiger partial charge on any atom is 0.161 e. The number of rotatable bonds is 7. The van der Waals surface area contributed by atoms with Crippen LogP contribution in [0.3, 0.4) is 0 Å². The van der Waals surface area contributed by atoms with E-state index in [1.165, 1.54) is 5.56 Å². The summed E-state index contributed by atoms with van der Waals surface area (Å²) in [5, 5.41) is 3.10. The van der Waals surface area contributed by atoms with Gasteiger partial charge in [0.1, 0.15) is 0 Å². The Morgan fingerprint density at radius 1 is 1.35 bits per heavy atom. The van der Waals surface area contributed by atoms with E-state index in [1.807, 2.05) is 25.2 Å². The molecule has 0 radical (unpaired) electrons. The minimum atomic E-state index is 0.617. The SMILES string of the molecule is C#CCCCOc1ccc(CNC)cc1OC. The number of unbranched alkanes of at least 4 members (excludes halogenated alkanes) is 1. The fourth-order valence-electron chi connectivity index (χ4n) is 1.50. The van der Waals surface area contributed by atoms with Gasteiger partial charge >= 0.3 is 0 Å². The number of methoxy groups -OCH3 is 1. The van der Waals surface area contributed by atoms with Crippen LogP contribution in [0.2, 0.25) is 0 Å². The molecule has 0 spiro atoms. The Labute approximate surface area is 103 Å². The molecular formula is C14H19NO2. The summed E-state index contributed by atoms with van der Waals surface area (Å²) in [6, 6.07) is 5.93. The van der Waals surface area contributed by atoms with Crippen LogP contribution in [-0.4, -0.2) is 20.8 Å². The molecule has 3 nitrogen and oxygen atoms in total. The zero-order valence-corrected chi connectivity index (χ0v) is 10.5. The molecule has 1 N–H and O–H groups in total. The summed E-state index contributed by atoms with van der Waals surface area (Å²) in [4.78, 5) is 0. The van der Waals surface area contributed by atoms with Crippen molar-refractivity contribution in [3.05, 3.63) is 23.8 Å². The van der Waals surface area contributed by atoms with E-state index >= 15 is 0 Å². The van der Waals surface area contributed by atoms with Crippen LogP contribution in [0.1, 0.15) is 18.4 Å². The molecule has 0 fully saturated rings. The van der Waals surface area contributed by atoms with Gasteiger partial charge in [0, 0.05) is 13.0 Å². The average Bonchev–Trinajstić information content (AvgIpc) is 2.36. The molecule has 0 unspecified atom stereocenters. The molecule has 0 heterocycles. The van der Waals surface area contributed by atoms with Crippen LogP contribution in [0.5, 0.6) is 11.5 Å². The normalized spacial score (nSPS) is 9.71. The van der Waals surface area contributed by atoms with E-state index in [0.717, 1.165) is 30.9 Å². The molecule has 0 aromatic heterocycles. The monoisotopic (exact) mass is 233 g/mol. The molecule has 0 bridgehead atoms. The van der Waals surface area contributed by atoms with Gasteiger partial charge in [-0.3, -0.25) is 0 Å². The largest absolute Gasteiger partial charge is 0.493 e. The van der Waals surface area contributed by atoms with E-state index in [-0.39, 0.29) is 0 Å². The molecule has 17 heavy (non-hydrogen) atoms. The Morgan fingerprint density at radius 3 is 2.82 bits per heavy atom. The summed E-state index contributed by atoms with van der Waals surface area (Å²) >= 11 is 0. The summed E-state index contributed by atoms with van der Waals surface area (Å²) in [6.07, 6.45) is 6.78. The summed E-state index contributed by atoms with van der Waals surface area (Å²) in [5.41, 5.74) is 1.17. The van der Waals surface area contributed by atoms with Gasteiger partial charge < -0.3 is 14.8 Å². The first-order valence-corrected chi connectivity index (χ1v) is 5.69. The van der Waals surface area contributed by atoms with Gasteiger partial charge in [-0.2, -0.15) is 0 Å². The van der Waals surface area contributed by atoms with Crippen LogP contribution in [0.15, 0.2) is 18.2 Å². The Balaban J connectivity index is 2.62. The van der Waals surface area contributed by atoms with E-state index in [4.69, 9.17) is 15.9 Å². The number of nitrogens with one attached hydrogen (secondary N) is 1. The highest BCUT2D eigenvalue weighted by molar-refractivity contribution is 5.42. The first-order chi connectivity index (χ1) is 8.31. The maximum atomic E-state index is 5.62. The van der Waals surface area contributed by atoms with Crippen molar-refractivity contribution in [3.63, 3.8) is 0 Å². The van der Waals surface area contributed by atoms with Crippen molar-refractivity contribution in [1.82, 2.24) is 5.32 Å². The van der Waals surface area contributed by atoms with Crippen LogP contribution in [0.4, 0.5) is 0 Å². The van der Waals surface area contributed by atoms with Gasteiger partial charge in [-0.25, -0.2) is 0 Å². The molecule has 3 heteroatoms. The smallest absolute Gasteiger partial charge is 0.161 e. The standard InChI is InChI=1S/C14H19NO2/c1-4-5-6-9-17-13-8-7-12(11-15-2)10-14(13)16-3/h1,7-8,10,15H,5-6,9,11H2,2-3H3. The fourth-order valence-corrected chi connectivity index (χ4v) is 1.50. The van der Waals surface area contributed by atoms with Crippen molar-refractivity contribution in [2.24, 2.45) is 0 Å². The molecule has 0 aliphatic heterocycles. The van der Waals surface area contributed by atoms with Gasteiger partial charge in [0.25, 0.3) is 0 Å². The van der Waals surface area contributed by atoms with Crippen molar-refractivity contribution >= 4 is 0 Å². The lowest BCUT2D eigenvalue weighted by molar-refractivity contribution is 0.290. The molecular weight excluding hydrogens is 214 g/mol. The van der Waals surface area contributed by atoms with Gasteiger partial charge in [0.05, 0.1) is 13.7 Å². The van der Waals surface area contributed by atoms with Gasteiger partial charge in [0.15, 0.2) is 11.5 Å². The van der Waals surface area contributed by atoms with Crippen LogP contribution in [0.25, 0.3) is 0 Å². The maximum absolute atomic E-state index is 5.62. The van der Waals surface area contributed by atoms with Crippen LogP contribution < -0.4 is 14.8 Å². The highest BCUT2D eigenvalue weighted by atomic mass is 16.5. The van der Waals surface area contributed by atoms with Crippen molar-refractivity contribution in [3.8, 4) is 23.8 Å². The number of ether oxygens (including phenoxy) is 2. The Hall–Kier alpha value is -1.66. The third-order valence-electron chi connectivity index (χ3n) is 2.33. The number of hydrogen-bond donors (Lipinski definition) is 1. The highest BCUT2D eigenvalue weighted by Gasteiger charge is 2.05. The quantitative estimate of drug-likeness (QED) is 0.578. The predicted molar refractivity (Wildman–Crippen MR) is 69.3 cm³/mol. The molecule has 1 rings (SSSR count). The van der Waals surface area contributed by atoms with Gasteiger partial charge in [-0.1, -0.05) is 6.07 Å². The Morgan fingerprint density at radius 2 is 2.18 bits per heavy atom. The predicted octanol–water partition coefficient (Wildman–Crippen LogP) is 2.21. The second kappa shape index (κ2) is 7.59. The summed E-state index contributed by atoms with van der Waals surface area (Å²) < 4.78 is 10.9. The van der Waals surface area contributed by atoms with Gasteiger partial charge in [-0.05, 0) is 31.2 Å². The average molecular weight is 233 g/mol. The molecule has 1 aromatic carbocycles. The minimum absolute atomic E-state index is 0.617. The summed E-state index contributed by atoms with van der Waals surface area (Å²) in [5.74, 6) is 4.12. The topological polar surface area (TPSA) is 30.5 Å². The first-order valence-electron chi connectivity index (χ1n) is 5.69. The second-order valence-corrected chi connectivity index (χ2v) is 3.67. The lowest BCUT2D eigenvalue weighted by Crippen LogP contribution is -2.06. The van der Waals surface area contributed by atoms with Gasteiger partial charge in [-0.15, -0.1) is 12.3 Å². The zero-order chi connectivity index (χ0) is 12.5. The molecule has 0 atom stereocenters. The summed E-state index contributed by atoms with van der Waals surface area (Å²) in [6.45, 7) is 1.43. The molecule has 0 amide bonds. The van der Waals surface area contributed by atoms with E-state index in [9.17, 15) is 0 Å². The van der Waals surface area contributed by atoms with E-state index in [1.54, 1.807) is 7.11 Å². The Bertz CT molecular complexity index is 382. The zero-order valence-electron chi connectivity index (χ0n) is 10.5. The van der Waals surface area contributed by atoms with Crippen LogP contribution in [0, 0.1) is 12.3 Å². The number of terminal acetylenes is 1. The fraction of sp³-hybridized carbons (Fsp3) is 0.429. The van der Waals surface area contributed by atoms with Crippen molar-refractivity contribution in [1.29, 1.82) is 0 Å². The molecule has 0 aliphatic rings. The van der Waals surface area contributed by atoms with E-state index < -0.39 is 0 Å². The van der Waals surface area contributed by atoms with Crippen molar-refractivity contribution < 1.29 is 9.47 Å². The Kier molecular flexibility index (Phi) is 5.98. The van der Waals surface area contributed by atoms with Crippen LogP contribution in [-0.2, 0) is 6.54 Å². The van der Waals surface area contributed by atoms with Crippen molar-refractivity contribution in [2.45, 2.75) is 19.4 Å². The van der Waals surface area contributed by atoms with E-state index in [0.29, 0.717) is 6.61 Å². The molecule has 0 saturated heterocycles. The first kappa shape index (κ1) is 13.4. The lowest BCUT2D eigenvalue weighted by Gasteiger charge is -2.11. The molecule has 1 aromatic rings. The third-order valence-corrected chi connectivity index (χ3v) is 2.33. The molecule has 0 aliphatic carbocycles. The van der Waals surface area contributed by atoms with Crippen molar-refractivity contribution in [2.75, 3.05) is 20.8 Å². The number of hydrogen-bond acceptors (Lipinski definition) is 3. The van der Waals surface area contributed by atoms with Gasteiger partial charge in [0.2, 0.25) is 0 Å². The lowest BCUT2D eigenvalue weighted by atomic mass is 10.2. The third kappa shape index (κ3) is 4.38. The highest BCUT2D eigenvalue weighted by Crippen LogP contribution is 2.28. The van der Waals surface area contributed by atoms with E-state index in [2.05, 4.69) is 11.2 Å². The summed E-state index contributed by atoms with van der Waals surface area (Å²) in [7, 11) is 3.56. The minimum Gasteiger partial charge on any atom is -0.493 e. The molecule has 0 saturated carbocycles.